The molecule has 0 amide bonds. The number of imidazole rings is 3. The molecule has 0 saturated heterocycles. The summed E-state index contributed by atoms with van der Waals surface area (Å²) in [6.07, 6.45) is 1.85. The molecule has 0 saturated carbocycles. The first-order valence-corrected chi connectivity index (χ1v) is 16.9. The molecule has 10 nitrogen and oxygen atoms in total. The number of aryl methyl sites for hydroxylation is 3. The predicted octanol–water partition coefficient (Wildman–Crippen LogP) is 5.52. The summed E-state index contributed by atoms with van der Waals surface area (Å²) in [5, 5.41) is 2.39. The van der Waals surface area contributed by atoms with Crippen LogP contribution in [0.15, 0.2) is 134 Å². The van der Waals surface area contributed by atoms with Crippen molar-refractivity contribution in [3.63, 3.8) is 0 Å². The van der Waals surface area contributed by atoms with Gasteiger partial charge in [0.05, 0.1) is 33.1 Å². The molecule has 267 valence electrons. The zero-order chi connectivity index (χ0) is 35.2. The molecule has 0 unspecified atom stereocenters. The van der Waals surface area contributed by atoms with Crippen molar-refractivity contribution in [3.05, 3.63) is 157 Å². The van der Waals surface area contributed by atoms with Crippen LogP contribution in [0.4, 0.5) is 0 Å². The number of rotatable bonds is 4. The Morgan fingerprint density at radius 1 is 0.463 bits per heavy atom. The molecule has 0 aliphatic heterocycles. The Morgan fingerprint density at radius 3 is 1.35 bits per heavy atom. The van der Waals surface area contributed by atoms with Crippen molar-refractivity contribution < 1.29 is 44.1 Å². The van der Waals surface area contributed by atoms with E-state index in [1.807, 2.05) is 156 Å². The fourth-order valence-corrected chi connectivity index (χ4v) is 6.71. The Labute approximate surface area is 341 Å². The van der Waals surface area contributed by atoms with Crippen molar-refractivity contribution in [2.75, 3.05) is 0 Å². The van der Waals surface area contributed by atoms with E-state index in [9.17, 15) is 0 Å². The number of hydrogen-bond acceptors (Lipinski definition) is 7. The van der Waals surface area contributed by atoms with Gasteiger partial charge in [-0.3, -0.25) is 13.7 Å². The minimum atomic E-state index is 0. The van der Waals surface area contributed by atoms with Crippen LogP contribution in [0.2, 0.25) is 0 Å². The van der Waals surface area contributed by atoms with Gasteiger partial charge in [0.25, 0.3) is 0 Å². The molecule has 5 aromatic heterocycles. The number of aromatic nitrogens is 10. The van der Waals surface area contributed by atoms with Crippen LogP contribution in [0.5, 0.6) is 0 Å². The topological polar surface area (TPSA) is 105 Å². The van der Waals surface area contributed by atoms with Gasteiger partial charge in [-0.25, -0.2) is 15.0 Å². The predicted molar refractivity (Wildman–Crippen MR) is 204 cm³/mol. The second-order valence-corrected chi connectivity index (χ2v) is 12.3. The van der Waals surface area contributed by atoms with Gasteiger partial charge in [-0.15, -0.1) is 35.9 Å². The van der Waals surface area contributed by atoms with Crippen LogP contribution in [0.3, 0.4) is 0 Å². The van der Waals surface area contributed by atoms with Gasteiger partial charge >= 0.3 is 0 Å². The Kier molecular flexibility index (Phi) is 10.4. The summed E-state index contributed by atoms with van der Waals surface area (Å²) in [4.78, 5) is 33.5. The van der Waals surface area contributed by atoms with Crippen molar-refractivity contribution in [2.45, 2.75) is 20.8 Å². The van der Waals surface area contributed by atoms with E-state index in [-0.39, 0.29) is 44.1 Å². The minimum absolute atomic E-state index is 0. The maximum atomic E-state index is 4.95. The van der Waals surface area contributed by atoms with Crippen LogP contribution in [-0.2, 0) is 20.1 Å². The molecule has 0 N–H and O–H groups in total. The van der Waals surface area contributed by atoms with E-state index in [4.69, 9.17) is 29.9 Å². The first-order chi connectivity index (χ1) is 25.5. The summed E-state index contributed by atoms with van der Waals surface area (Å²) in [6, 6.07) is 45.4. The molecular weight excluding hydrogens is 964 g/mol. The largest absolute Gasteiger partial charge is 1.00 e. The van der Waals surface area contributed by atoms with Gasteiger partial charge in [-0.2, -0.15) is 15.0 Å². The maximum absolute atomic E-state index is 4.95. The molecular formula is C42H31IIrN10-2. The molecule has 0 atom stereocenters. The minimum Gasteiger partial charge on any atom is -1.00 e. The van der Waals surface area contributed by atoms with E-state index in [2.05, 4.69) is 23.2 Å². The molecule has 0 bridgehead atoms. The van der Waals surface area contributed by atoms with E-state index in [0.29, 0.717) is 17.8 Å². The van der Waals surface area contributed by atoms with Crippen LogP contribution >= 0.6 is 0 Å². The number of halogens is 1. The summed E-state index contributed by atoms with van der Waals surface area (Å²) in [6.45, 7) is 5.87. The van der Waals surface area contributed by atoms with Crippen LogP contribution in [0.1, 0.15) is 17.5 Å². The monoisotopic (exact) mass is 995 g/mol. The molecule has 12 heteroatoms. The van der Waals surface area contributed by atoms with E-state index < -0.39 is 0 Å². The average Bonchev–Trinajstić information content (AvgIpc) is 3.83. The van der Waals surface area contributed by atoms with Gasteiger partial charge in [-0.05, 0) is 79.7 Å². The van der Waals surface area contributed by atoms with Crippen molar-refractivity contribution >= 4 is 43.9 Å². The van der Waals surface area contributed by atoms with Gasteiger partial charge in [0.2, 0.25) is 17.8 Å². The van der Waals surface area contributed by atoms with Crippen molar-refractivity contribution in [1.82, 2.24) is 48.6 Å². The summed E-state index contributed by atoms with van der Waals surface area (Å²) in [7, 11) is 0. The molecule has 0 aliphatic rings. The molecule has 10 aromatic rings. The molecule has 5 aromatic carbocycles. The third kappa shape index (κ3) is 6.57. The van der Waals surface area contributed by atoms with Gasteiger partial charge in [0.15, 0.2) is 0 Å². The third-order valence-electron chi connectivity index (χ3n) is 9.02. The molecule has 0 fully saturated rings. The first kappa shape index (κ1) is 36.7. The van der Waals surface area contributed by atoms with Crippen LogP contribution in [0.25, 0.3) is 73.0 Å². The summed E-state index contributed by atoms with van der Waals surface area (Å²) < 4.78 is 5.90. The molecule has 5 heterocycles. The molecule has 10 rings (SSSR count). The Balaban J connectivity index is 0.000000211. The van der Waals surface area contributed by atoms with Gasteiger partial charge in [0.1, 0.15) is 17.5 Å². The maximum Gasteiger partial charge on any atom is 0.242 e. The number of pyridine rings is 1. The Hall–Kier alpha value is -5.69. The molecule has 0 aliphatic carbocycles. The van der Waals surface area contributed by atoms with Crippen molar-refractivity contribution in [2.24, 2.45) is 0 Å². The van der Waals surface area contributed by atoms with Gasteiger partial charge in [-0.1, -0.05) is 60.7 Å². The van der Waals surface area contributed by atoms with Crippen molar-refractivity contribution in [3.8, 4) is 29.1 Å². The quantitative estimate of drug-likeness (QED) is 0.169. The summed E-state index contributed by atoms with van der Waals surface area (Å²) in [5.41, 5.74) is 7.47. The molecule has 1 radical (unpaired) electrons. The Bertz CT molecular complexity index is 2680. The normalized spacial score (nSPS) is 10.9. The second-order valence-electron chi connectivity index (χ2n) is 12.3. The second kappa shape index (κ2) is 15.3. The third-order valence-corrected chi connectivity index (χ3v) is 9.02. The van der Waals surface area contributed by atoms with Crippen LogP contribution in [0, 0.1) is 26.8 Å². The smallest absolute Gasteiger partial charge is 0.242 e. The number of benzene rings is 5. The van der Waals surface area contributed by atoms with E-state index in [0.717, 1.165) is 61.8 Å². The number of fused-ring (bicyclic) bond motifs is 4. The van der Waals surface area contributed by atoms with Gasteiger partial charge < -0.3 is 29.0 Å². The van der Waals surface area contributed by atoms with E-state index in [1.165, 1.54) is 10.8 Å². The van der Waals surface area contributed by atoms with E-state index >= 15 is 0 Å². The fraction of sp³-hybridized carbons (Fsp3) is 0.0714. The van der Waals surface area contributed by atoms with E-state index in [1.54, 1.807) is 0 Å². The standard InChI is InChI=1S/C27H21N9.C15H10N.HI.Ir/c1-16-28-19-10-4-7-13-22(19)34(16)25-31-26(35-17(2)29-20-11-5-8-14-23(20)35)33-27(32-25)36-18(3)30-21-12-6-9-15-24(21)36;1-2-7-13(8-3-1)15-14-9-5-4-6-12(14)10-11-16-15;;/h4-15H,1-3H3;1-7,9-11H;1H;/q;-1;;/p-1. The number of hydrogen-bond donors (Lipinski definition) is 0. The SMILES string of the molecule is Cc1nc2ccccc2n1-c1nc(-n2c(C)nc3ccccc32)nc(-n2c(C)nc3ccccc32)n1.[I-].[Ir].[c-]1ccccc1-c1nccc2ccccc12. The number of nitrogens with zero attached hydrogens (tertiary/aromatic N) is 10. The molecule has 0 spiro atoms. The van der Waals surface area contributed by atoms with Gasteiger partial charge in [0, 0.05) is 26.3 Å². The first-order valence-electron chi connectivity index (χ1n) is 16.9. The van der Waals surface area contributed by atoms with Crippen molar-refractivity contribution in [1.29, 1.82) is 0 Å². The number of para-hydroxylation sites is 6. The van der Waals surface area contributed by atoms with Crippen LogP contribution in [-0.4, -0.2) is 48.6 Å². The Morgan fingerprint density at radius 2 is 0.889 bits per heavy atom. The average molecular weight is 995 g/mol. The summed E-state index contributed by atoms with van der Waals surface area (Å²) in [5.74, 6) is 3.82. The summed E-state index contributed by atoms with van der Waals surface area (Å²) >= 11 is 0. The zero-order valence-corrected chi connectivity index (χ0v) is 33.9. The zero-order valence-electron chi connectivity index (χ0n) is 29.4. The molecule has 54 heavy (non-hydrogen) atoms. The van der Waals surface area contributed by atoms with Crippen LogP contribution < -0.4 is 24.0 Å². The fourth-order valence-electron chi connectivity index (χ4n) is 6.71.